The van der Waals surface area contributed by atoms with Crippen LogP contribution in [0.3, 0.4) is 0 Å². The van der Waals surface area contributed by atoms with Crippen molar-refractivity contribution in [3.63, 3.8) is 0 Å². The van der Waals surface area contributed by atoms with E-state index >= 15 is 0 Å². The lowest BCUT2D eigenvalue weighted by molar-refractivity contribution is 0.340. The maximum Gasteiger partial charge on any atom is 0.155 e. The standard InChI is InChI=1S/C25H24NOS/c1-3-27-24-15-13-20(14-16-24)7-8-21-5-4-6-25(17-21)28(2)19-23-11-9-22(18-26)10-12-23/h4-17H,3,19H2,1-2H3/q+1/b8-7+. The molecule has 3 aromatic rings. The van der Waals surface area contributed by atoms with E-state index in [1.165, 1.54) is 16.0 Å². The molecule has 0 saturated heterocycles. The van der Waals surface area contributed by atoms with Gasteiger partial charge in [0.15, 0.2) is 4.90 Å². The quantitative estimate of drug-likeness (QED) is 0.372. The van der Waals surface area contributed by atoms with Gasteiger partial charge < -0.3 is 4.74 Å². The maximum absolute atomic E-state index is 8.93. The second-order valence-corrected chi connectivity index (χ2v) is 8.53. The molecule has 0 bridgehead atoms. The van der Waals surface area contributed by atoms with Gasteiger partial charge in [0.25, 0.3) is 0 Å². The van der Waals surface area contributed by atoms with Crippen LogP contribution in [0, 0.1) is 11.3 Å². The molecule has 0 aliphatic carbocycles. The van der Waals surface area contributed by atoms with Crippen LogP contribution >= 0.6 is 0 Å². The summed E-state index contributed by atoms with van der Waals surface area (Å²) in [4.78, 5) is 1.35. The number of nitriles is 1. The fraction of sp³-hybridized carbons (Fsp3) is 0.160. The van der Waals surface area contributed by atoms with Crippen molar-refractivity contribution in [2.75, 3.05) is 12.9 Å². The Morgan fingerprint density at radius 1 is 0.929 bits per heavy atom. The molecule has 0 aliphatic rings. The van der Waals surface area contributed by atoms with Gasteiger partial charge >= 0.3 is 0 Å². The zero-order valence-corrected chi connectivity index (χ0v) is 17.1. The summed E-state index contributed by atoms with van der Waals surface area (Å²) in [5.41, 5.74) is 4.33. The van der Waals surface area contributed by atoms with Crippen LogP contribution in [0.15, 0.2) is 77.7 Å². The third-order valence-electron chi connectivity index (χ3n) is 4.39. The first-order valence-corrected chi connectivity index (χ1v) is 11.1. The molecule has 0 radical (unpaired) electrons. The Morgan fingerprint density at radius 2 is 1.64 bits per heavy atom. The van der Waals surface area contributed by atoms with E-state index in [0.29, 0.717) is 12.2 Å². The molecule has 0 N–H and O–H groups in total. The Kier molecular flexibility index (Phi) is 6.94. The second-order valence-electron chi connectivity index (χ2n) is 6.50. The summed E-state index contributed by atoms with van der Waals surface area (Å²) in [6.45, 7) is 2.67. The molecule has 1 atom stereocenters. The van der Waals surface area contributed by atoms with Gasteiger partial charge in [-0.05, 0) is 48.4 Å². The molecule has 0 amide bonds. The van der Waals surface area contributed by atoms with Gasteiger partial charge in [-0.3, -0.25) is 0 Å². The summed E-state index contributed by atoms with van der Waals surface area (Å²) in [5.74, 6) is 1.89. The molecule has 1 unspecified atom stereocenters. The van der Waals surface area contributed by atoms with Crippen LogP contribution in [0.2, 0.25) is 0 Å². The Labute approximate surface area is 170 Å². The number of hydrogen-bond acceptors (Lipinski definition) is 2. The Bertz CT molecular complexity index is 969. The average Bonchev–Trinajstić information content (AvgIpc) is 2.74. The maximum atomic E-state index is 8.93. The van der Waals surface area contributed by atoms with Crippen molar-refractivity contribution in [3.05, 3.63) is 95.1 Å². The van der Waals surface area contributed by atoms with E-state index in [9.17, 15) is 0 Å². The normalized spacial score (nSPS) is 11.9. The van der Waals surface area contributed by atoms with Crippen molar-refractivity contribution in [1.82, 2.24) is 0 Å². The van der Waals surface area contributed by atoms with Crippen molar-refractivity contribution in [1.29, 1.82) is 5.26 Å². The number of ether oxygens (including phenoxy) is 1. The van der Waals surface area contributed by atoms with Gasteiger partial charge in [-0.15, -0.1) is 0 Å². The SMILES string of the molecule is CCOc1ccc(/C=C/c2cccc([S+](C)Cc3ccc(C#N)cc3)c2)cc1. The molecule has 3 aromatic carbocycles. The highest BCUT2D eigenvalue weighted by Crippen LogP contribution is 2.20. The Morgan fingerprint density at radius 3 is 2.32 bits per heavy atom. The molecular weight excluding hydrogens is 362 g/mol. The van der Waals surface area contributed by atoms with Crippen LogP contribution in [0.25, 0.3) is 12.2 Å². The predicted octanol–water partition coefficient (Wildman–Crippen LogP) is 5.93. The van der Waals surface area contributed by atoms with Crippen molar-refractivity contribution in [2.24, 2.45) is 0 Å². The third-order valence-corrected chi connectivity index (χ3v) is 6.21. The minimum Gasteiger partial charge on any atom is -0.494 e. The highest BCUT2D eigenvalue weighted by molar-refractivity contribution is 7.95. The lowest BCUT2D eigenvalue weighted by Crippen LogP contribution is -2.04. The molecule has 140 valence electrons. The molecule has 28 heavy (non-hydrogen) atoms. The molecule has 0 spiro atoms. The first-order chi connectivity index (χ1) is 13.7. The van der Waals surface area contributed by atoms with Crippen LogP contribution in [0.4, 0.5) is 0 Å². The van der Waals surface area contributed by atoms with Gasteiger partial charge in [0.05, 0.1) is 18.2 Å². The highest BCUT2D eigenvalue weighted by Gasteiger charge is 2.16. The first-order valence-electron chi connectivity index (χ1n) is 9.30. The monoisotopic (exact) mass is 386 g/mol. The van der Waals surface area contributed by atoms with Gasteiger partial charge in [0, 0.05) is 22.5 Å². The molecule has 3 heteroatoms. The van der Waals surface area contributed by atoms with Gasteiger partial charge in [0.1, 0.15) is 17.8 Å². The molecule has 3 rings (SSSR count). The van der Waals surface area contributed by atoms with E-state index < -0.39 is 0 Å². The van der Waals surface area contributed by atoms with Crippen LogP contribution in [-0.4, -0.2) is 12.9 Å². The van der Waals surface area contributed by atoms with Crippen LogP contribution in [0.5, 0.6) is 5.75 Å². The molecule has 2 nitrogen and oxygen atoms in total. The van der Waals surface area contributed by atoms with Crippen molar-refractivity contribution in [3.8, 4) is 11.8 Å². The topological polar surface area (TPSA) is 33.0 Å². The van der Waals surface area contributed by atoms with E-state index in [0.717, 1.165) is 17.1 Å². The van der Waals surface area contributed by atoms with Gasteiger partial charge in [0.2, 0.25) is 0 Å². The summed E-state index contributed by atoms with van der Waals surface area (Å²) in [5, 5.41) is 8.93. The third kappa shape index (κ3) is 5.52. The van der Waals surface area contributed by atoms with Gasteiger partial charge in [-0.25, -0.2) is 0 Å². The van der Waals surface area contributed by atoms with Crippen LogP contribution in [-0.2, 0) is 16.6 Å². The number of hydrogen-bond donors (Lipinski definition) is 0. The zero-order chi connectivity index (χ0) is 19.8. The predicted molar refractivity (Wildman–Crippen MR) is 119 cm³/mol. The fourth-order valence-electron chi connectivity index (χ4n) is 2.88. The summed E-state index contributed by atoms with van der Waals surface area (Å²) >= 11 is 0. The average molecular weight is 387 g/mol. The molecular formula is C25H24NOS+. The Hall–Kier alpha value is -2.96. The molecule has 0 aliphatic heterocycles. The number of nitrogens with zero attached hydrogens (tertiary/aromatic N) is 1. The van der Waals surface area contributed by atoms with Crippen molar-refractivity contribution < 1.29 is 4.74 Å². The summed E-state index contributed by atoms with van der Waals surface area (Å²) < 4.78 is 5.49. The minimum atomic E-state index is 0.110. The molecule has 0 saturated carbocycles. The highest BCUT2D eigenvalue weighted by atomic mass is 32.2. The zero-order valence-electron chi connectivity index (χ0n) is 16.3. The van der Waals surface area contributed by atoms with E-state index in [1.807, 2.05) is 31.2 Å². The largest absolute Gasteiger partial charge is 0.494 e. The lowest BCUT2D eigenvalue weighted by atomic mass is 10.1. The Balaban J connectivity index is 1.67. The van der Waals surface area contributed by atoms with Gasteiger partial charge in [-0.2, -0.15) is 5.26 Å². The van der Waals surface area contributed by atoms with Crippen molar-refractivity contribution >= 4 is 23.0 Å². The van der Waals surface area contributed by atoms with E-state index in [-0.39, 0.29) is 10.9 Å². The summed E-state index contributed by atoms with van der Waals surface area (Å²) in [6.07, 6.45) is 6.55. The minimum absolute atomic E-state index is 0.110. The van der Waals surface area contributed by atoms with Crippen LogP contribution < -0.4 is 4.74 Å². The first kappa shape index (κ1) is 19.8. The van der Waals surface area contributed by atoms with Crippen molar-refractivity contribution in [2.45, 2.75) is 17.6 Å². The summed E-state index contributed by atoms with van der Waals surface area (Å²) in [6, 6.07) is 26.9. The summed E-state index contributed by atoms with van der Waals surface area (Å²) in [7, 11) is 0.110. The second kappa shape index (κ2) is 9.82. The fourth-order valence-corrected chi connectivity index (χ4v) is 4.39. The van der Waals surface area contributed by atoms with Crippen LogP contribution in [0.1, 0.15) is 29.2 Å². The number of rotatable bonds is 7. The molecule has 0 aromatic heterocycles. The van der Waals surface area contributed by atoms with E-state index in [2.05, 4.69) is 73.0 Å². The van der Waals surface area contributed by atoms with Gasteiger partial charge in [-0.1, -0.05) is 48.6 Å². The smallest absolute Gasteiger partial charge is 0.155 e. The van der Waals surface area contributed by atoms with E-state index in [1.54, 1.807) is 0 Å². The molecule has 0 heterocycles. The van der Waals surface area contributed by atoms with E-state index in [4.69, 9.17) is 10.00 Å². The lowest BCUT2D eigenvalue weighted by Gasteiger charge is -2.05. The molecule has 0 fully saturated rings. The number of benzene rings is 3.